The Morgan fingerprint density at radius 3 is 2.76 bits per heavy atom. The standard InChI is InChI=1S/C12H17Cl2NO2/c1-2-15-8-9-6-10(13)7-11(14)12(9)17-5-3-4-16/h6-7,15-16H,2-5,8H2,1H3. The lowest BCUT2D eigenvalue weighted by Gasteiger charge is -2.13. The highest BCUT2D eigenvalue weighted by atomic mass is 35.5. The van der Waals surface area contributed by atoms with Gasteiger partial charge in [-0.1, -0.05) is 30.1 Å². The molecular formula is C12H17Cl2NO2. The molecule has 0 heterocycles. The zero-order valence-electron chi connectivity index (χ0n) is 9.80. The van der Waals surface area contributed by atoms with Crippen LogP contribution in [0, 0.1) is 0 Å². The number of ether oxygens (including phenoxy) is 1. The van der Waals surface area contributed by atoms with Crippen LogP contribution in [0.25, 0.3) is 0 Å². The molecule has 0 radical (unpaired) electrons. The molecule has 17 heavy (non-hydrogen) atoms. The molecule has 0 fully saturated rings. The van der Waals surface area contributed by atoms with Crippen molar-refractivity contribution in [3.05, 3.63) is 27.7 Å². The van der Waals surface area contributed by atoms with Gasteiger partial charge in [-0.05, 0) is 18.7 Å². The Hall–Kier alpha value is -0.480. The highest BCUT2D eigenvalue weighted by Crippen LogP contribution is 2.32. The summed E-state index contributed by atoms with van der Waals surface area (Å²) in [4.78, 5) is 0. The van der Waals surface area contributed by atoms with Crippen LogP contribution >= 0.6 is 23.2 Å². The molecule has 0 aliphatic rings. The van der Waals surface area contributed by atoms with Crippen LogP contribution in [0.4, 0.5) is 0 Å². The maximum absolute atomic E-state index is 8.72. The van der Waals surface area contributed by atoms with E-state index >= 15 is 0 Å². The lowest BCUT2D eigenvalue weighted by Crippen LogP contribution is -2.13. The molecule has 0 bridgehead atoms. The number of halogens is 2. The van der Waals surface area contributed by atoms with Crippen LogP contribution in [0.2, 0.25) is 10.0 Å². The smallest absolute Gasteiger partial charge is 0.142 e. The quantitative estimate of drug-likeness (QED) is 0.753. The van der Waals surface area contributed by atoms with Gasteiger partial charge in [-0.2, -0.15) is 0 Å². The second-order valence-electron chi connectivity index (χ2n) is 3.58. The molecule has 0 unspecified atom stereocenters. The van der Waals surface area contributed by atoms with Crippen molar-refractivity contribution in [2.24, 2.45) is 0 Å². The summed E-state index contributed by atoms with van der Waals surface area (Å²) in [5.41, 5.74) is 0.933. The highest BCUT2D eigenvalue weighted by Gasteiger charge is 2.10. The summed E-state index contributed by atoms with van der Waals surface area (Å²) >= 11 is 12.0. The SMILES string of the molecule is CCNCc1cc(Cl)cc(Cl)c1OCCCO. The van der Waals surface area contributed by atoms with Crippen molar-refractivity contribution in [2.45, 2.75) is 19.9 Å². The zero-order chi connectivity index (χ0) is 12.7. The summed E-state index contributed by atoms with van der Waals surface area (Å²) in [6.45, 7) is 4.09. The lowest BCUT2D eigenvalue weighted by atomic mass is 10.2. The van der Waals surface area contributed by atoms with Crippen LogP contribution in [-0.2, 0) is 6.54 Å². The predicted molar refractivity (Wildman–Crippen MR) is 71.0 cm³/mol. The Morgan fingerprint density at radius 2 is 2.12 bits per heavy atom. The third-order valence-corrected chi connectivity index (χ3v) is 2.70. The van der Waals surface area contributed by atoms with Crippen molar-refractivity contribution < 1.29 is 9.84 Å². The first-order valence-corrected chi connectivity index (χ1v) is 6.37. The fourth-order valence-electron chi connectivity index (χ4n) is 1.41. The summed E-state index contributed by atoms with van der Waals surface area (Å²) < 4.78 is 5.57. The fraction of sp³-hybridized carbons (Fsp3) is 0.500. The van der Waals surface area contributed by atoms with Gasteiger partial charge in [0.15, 0.2) is 0 Å². The first-order valence-electron chi connectivity index (χ1n) is 5.61. The second kappa shape index (κ2) is 7.77. The van der Waals surface area contributed by atoms with Gasteiger partial charge in [0.05, 0.1) is 11.6 Å². The Labute approximate surface area is 112 Å². The summed E-state index contributed by atoms with van der Waals surface area (Å²) in [7, 11) is 0. The molecule has 1 aromatic rings. The molecule has 0 aromatic heterocycles. The average molecular weight is 278 g/mol. The van der Waals surface area contributed by atoms with E-state index in [2.05, 4.69) is 5.32 Å². The molecule has 0 saturated heterocycles. The van der Waals surface area contributed by atoms with E-state index in [1.807, 2.05) is 13.0 Å². The van der Waals surface area contributed by atoms with Crippen molar-refractivity contribution >= 4 is 23.2 Å². The molecule has 96 valence electrons. The first-order chi connectivity index (χ1) is 8.19. The second-order valence-corrected chi connectivity index (χ2v) is 4.43. The van der Waals surface area contributed by atoms with E-state index in [1.165, 1.54) is 0 Å². The van der Waals surface area contributed by atoms with Crippen LogP contribution < -0.4 is 10.1 Å². The molecule has 0 saturated carbocycles. The third-order valence-electron chi connectivity index (χ3n) is 2.20. The van der Waals surface area contributed by atoms with Gasteiger partial charge in [-0.15, -0.1) is 0 Å². The Balaban J connectivity index is 2.82. The number of benzene rings is 1. The van der Waals surface area contributed by atoms with Gasteiger partial charge in [0, 0.05) is 30.2 Å². The van der Waals surface area contributed by atoms with Crippen LogP contribution in [-0.4, -0.2) is 24.9 Å². The molecule has 0 aliphatic heterocycles. The molecule has 0 amide bonds. The van der Waals surface area contributed by atoms with E-state index < -0.39 is 0 Å². The average Bonchev–Trinajstić information content (AvgIpc) is 2.29. The summed E-state index contributed by atoms with van der Waals surface area (Å²) in [5, 5.41) is 13.0. The van der Waals surface area contributed by atoms with Gasteiger partial charge in [-0.3, -0.25) is 0 Å². The van der Waals surface area contributed by atoms with Crippen molar-refractivity contribution in [3.63, 3.8) is 0 Å². The molecule has 1 rings (SSSR count). The Bertz CT molecular complexity index is 359. The molecular weight excluding hydrogens is 261 g/mol. The predicted octanol–water partition coefficient (Wildman–Crippen LogP) is 2.86. The number of aliphatic hydroxyl groups is 1. The van der Waals surface area contributed by atoms with Crippen molar-refractivity contribution in [1.82, 2.24) is 5.32 Å². The van der Waals surface area contributed by atoms with Gasteiger partial charge in [-0.25, -0.2) is 0 Å². The third kappa shape index (κ3) is 4.72. The number of nitrogens with one attached hydrogen (secondary N) is 1. The minimum atomic E-state index is 0.105. The summed E-state index contributed by atoms with van der Waals surface area (Å²) in [5.74, 6) is 0.644. The fourth-order valence-corrected chi connectivity index (χ4v) is 2.00. The number of rotatable bonds is 7. The van der Waals surface area contributed by atoms with Crippen molar-refractivity contribution in [3.8, 4) is 5.75 Å². The molecule has 3 nitrogen and oxygen atoms in total. The Kier molecular flexibility index (Phi) is 6.66. The zero-order valence-corrected chi connectivity index (χ0v) is 11.3. The molecule has 5 heteroatoms. The summed E-state index contributed by atoms with van der Waals surface area (Å²) in [6, 6.07) is 3.50. The number of aliphatic hydroxyl groups excluding tert-OH is 1. The van der Waals surface area contributed by atoms with E-state index in [9.17, 15) is 0 Å². The molecule has 2 N–H and O–H groups in total. The topological polar surface area (TPSA) is 41.5 Å². The van der Waals surface area contributed by atoms with E-state index in [-0.39, 0.29) is 6.61 Å². The van der Waals surface area contributed by atoms with Crippen LogP contribution in [0.5, 0.6) is 5.75 Å². The maximum Gasteiger partial charge on any atom is 0.142 e. The molecule has 0 aliphatic carbocycles. The van der Waals surface area contributed by atoms with Crippen molar-refractivity contribution in [1.29, 1.82) is 0 Å². The highest BCUT2D eigenvalue weighted by molar-refractivity contribution is 6.35. The van der Waals surface area contributed by atoms with Crippen LogP contribution in [0.15, 0.2) is 12.1 Å². The van der Waals surface area contributed by atoms with E-state index in [0.717, 1.165) is 12.1 Å². The number of hydrogen-bond acceptors (Lipinski definition) is 3. The Morgan fingerprint density at radius 1 is 1.35 bits per heavy atom. The number of hydrogen-bond donors (Lipinski definition) is 2. The molecule has 0 spiro atoms. The van der Waals surface area contributed by atoms with E-state index in [4.69, 9.17) is 33.0 Å². The lowest BCUT2D eigenvalue weighted by molar-refractivity contribution is 0.232. The van der Waals surface area contributed by atoms with E-state index in [1.54, 1.807) is 6.07 Å². The van der Waals surface area contributed by atoms with Gasteiger partial charge >= 0.3 is 0 Å². The maximum atomic E-state index is 8.72. The van der Waals surface area contributed by atoms with Crippen LogP contribution in [0.1, 0.15) is 18.9 Å². The largest absolute Gasteiger partial charge is 0.492 e. The summed E-state index contributed by atoms with van der Waals surface area (Å²) in [6.07, 6.45) is 0.583. The van der Waals surface area contributed by atoms with Gasteiger partial charge in [0.2, 0.25) is 0 Å². The van der Waals surface area contributed by atoms with Gasteiger partial charge in [0.25, 0.3) is 0 Å². The van der Waals surface area contributed by atoms with E-state index in [0.29, 0.717) is 35.4 Å². The molecule has 1 aromatic carbocycles. The minimum absolute atomic E-state index is 0.105. The van der Waals surface area contributed by atoms with Crippen LogP contribution in [0.3, 0.4) is 0 Å². The normalized spacial score (nSPS) is 10.6. The monoisotopic (exact) mass is 277 g/mol. The van der Waals surface area contributed by atoms with Crippen molar-refractivity contribution in [2.75, 3.05) is 19.8 Å². The minimum Gasteiger partial charge on any atom is -0.492 e. The molecule has 0 atom stereocenters. The van der Waals surface area contributed by atoms with Gasteiger partial charge < -0.3 is 15.2 Å². The first kappa shape index (κ1) is 14.6. The van der Waals surface area contributed by atoms with Gasteiger partial charge in [0.1, 0.15) is 5.75 Å².